The van der Waals surface area contributed by atoms with E-state index in [2.05, 4.69) is 0 Å². The second kappa shape index (κ2) is 8.67. The molecule has 0 aliphatic rings. The minimum Gasteiger partial charge on any atom is -0.461 e. The average Bonchev–Trinajstić information content (AvgIpc) is 2.50. The first-order chi connectivity index (χ1) is 10.7. The lowest BCUT2D eigenvalue weighted by atomic mass is 9.83. The molecule has 5 heteroatoms. The summed E-state index contributed by atoms with van der Waals surface area (Å²) >= 11 is 0. The molecule has 1 rings (SSSR count). The van der Waals surface area contributed by atoms with Gasteiger partial charge in [0.2, 0.25) is 5.91 Å². The van der Waals surface area contributed by atoms with Crippen LogP contribution in [-0.2, 0) is 25.7 Å². The van der Waals surface area contributed by atoms with Gasteiger partial charge in [-0.1, -0.05) is 30.3 Å². The normalized spacial score (nSPS) is 12.6. The van der Waals surface area contributed by atoms with Gasteiger partial charge in [-0.05, 0) is 19.4 Å². The van der Waals surface area contributed by atoms with Crippen LogP contribution in [0.1, 0.15) is 32.8 Å². The summed E-state index contributed by atoms with van der Waals surface area (Å²) in [6.45, 7) is 5.85. The fourth-order valence-corrected chi connectivity index (χ4v) is 2.44. The number of amides is 1. The van der Waals surface area contributed by atoms with E-state index in [4.69, 9.17) is 9.47 Å². The monoisotopic (exact) mass is 321 g/mol. The van der Waals surface area contributed by atoms with Crippen molar-refractivity contribution in [3.63, 3.8) is 0 Å². The molecule has 0 aromatic heterocycles. The smallest absolute Gasteiger partial charge is 0.302 e. The number of ether oxygens (including phenoxy) is 2. The van der Waals surface area contributed by atoms with Crippen molar-refractivity contribution in [1.29, 1.82) is 0 Å². The summed E-state index contributed by atoms with van der Waals surface area (Å²) in [4.78, 5) is 25.2. The summed E-state index contributed by atoms with van der Waals surface area (Å²) in [6.07, 6.45) is -0.0513. The Morgan fingerprint density at radius 2 is 1.78 bits per heavy atom. The summed E-state index contributed by atoms with van der Waals surface area (Å²) < 4.78 is 11.0. The molecule has 0 radical (unpaired) electrons. The third-order valence-electron chi connectivity index (χ3n) is 3.71. The summed E-state index contributed by atoms with van der Waals surface area (Å²) in [5.41, 5.74) is 0.283. The predicted molar refractivity (Wildman–Crippen MR) is 88.7 cm³/mol. The molecule has 0 fully saturated rings. The maximum atomic E-state index is 12.3. The lowest BCUT2D eigenvalue weighted by Gasteiger charge is -2.34. The molecule has 0 heterocycles. The fraction of sp³-hybridized carbons (Fsp3) is 0.556. The SMILES string of the molecule is CC(=O)O[C@H](CCOCc1ccccc1)C(C)(C)C(=O)N(C)C. The van der Waals surface area contributed by atoms with Crippen LogP contribution >= 0.6 is 0 Å². The molecular formula is C18H27NO4. The molecule has 5 nitrogen and oxygen atoms in total. The van der Waals surface area contributed by atoms with Crippen LogP contribution in [0.15, 0.2) is 30.3 Å². The maximum absolute atomic E-state index is 12.3. The van der Waals surface area contributed by atoms with Crippen LogP contribution in [0.4, 0.5) is 0 Å². The Balaban J connectivity index is 2.61. The summed E-state index contributed by atoms with van der Waals surface area (Å²) in [5, 5.41) is 0. The molecule has 0 unspecified atom stereocenters. The first-order valence-corrected chi connectivity index (χ1v) is 7.75. The average molecular weight is 321 g/mol. The number of rotatable bonds is 8. The summed E-state index contributed by atoms with van der Waals surface area (Å²) in [6, 6.07) is 9.85. The highest BCUT2D eigenvalue weighted by atomic mass is 16.5. The molecule has 1 aromatic carbocycles. The van der Waals surface area contributed by atoms with Crippen LogP contribution in [0.3, 0.4) is 0 Å². The van der Waals surface area contributed by atoms with Gasteiger partial charge < -0.3 is 14.4 Å². The van der Waals surface area contributed by atoms with E-state index in [1.165, 1.54) is 11.8 Å². The van der Waals surface area contributed by atoms with Gasteiger partial charge in [0.25, 0.3) is 0 Å². The van der Waals surface area contributed by atoms with Crippen LogP contribution in [0.25, 0.3) is 0 Å². The van der Waals surface area contributed by atoms with Gasteiger partial charge in [0.15, 0.2) is 0 Å². The standard InChI is InChI=1S/C18H27NO4/c1-14(20)23-16(18(2,3)17(21)19(4)5)11-12-22-13-15-9-7-6-8-10-15/h6-10,16H,11-13H2,1-5H3/t16-/m1/s1. The number of hydrogen-bond donors (Lipinski definition) is 0. The van der Waals surface area contributed by atoms with E-state index < -0.39 is 17.5 Å². The van der Waals surface area contributed by atoms with Crippen molar-refractivity contribution in [2.45, 2.75) is 39.9 Å². The van der Waals surface area contributed by atoms with E-state index >= 15 is 0 Å². The van der Waals surface area contributed by atoms with Crippen LogP contribution in [0, 0.1) is 5.41 Å². The minimum atomic E-state index is -0.800. The van der Waals surface area contributed by atoms with E-state index in [9.17, 15) is 9.59 Å². The molecule has 23 heavy (non-hydrogen) atoms. The van der Waals surface area contributed by atoms with Crippen LogP contribution in [0.5, 0.6) is 0 Å². The lowest BCUT2D eigenvalue weighted by Crippen LogP contribution is -2.46. The zero-order chi connectivity index (χ0) is 17.5. The molecule has 1 atom stereocenters. The maximum Gasteiger partial charge on any atom is 0.302 e. The van der Waals surface area contributed by atoms with E-state index in [0.29, 0.717) is 19.6 Å². The number of esters is 1. The number of hydrogen-bond acceptors (Lipinski definition) is 4. The number of carbonyl (C=O) groups excluding carboxylic acids is 2. The van der Waals surface area contributed by atoms with E-state index in [1.54, 1.807) is 27.9 Å². The third kappa shape index (κ3) is 6.02. The molecule has 128 valence electrons. The summed E-state index contributed by atoms with van der Waals surface area (Å²) in [7, 11) is 3.39. The van der Waals surface area contributed by atoms with Crippen molar-refractivity contribution in [1.82, 2.24) is 4.90 Å². The lowest BCUT2D eigenvalue weighted by molar-refractivity contribution is -0.161. The van der Waals surface area contributed by atoms with E-state index in [0.717, 1.165) is 5.56 Å². The molecule has 0 aliphatic heterocycles. The molecular weight excluding hydrogens is 294 g/mol. The molecule has 0 saturated carbocycles. The molecule has 1 aromatic rings. The van der Waals surface area contributed by atoms with Gasteiger partial charge in [-0.2, -0.15) is 0 Å². The van der Waals surface area contributed by atoms with Crippen LogP contribution in [-0.4, -0.2) is 43.6 Å². The Morgan fingerprint density at radius 3 is 2.30 bits per heavy atom. The Bertz CT molecular complexity index is 511. The van der Waals surface area contributed by atoms with Gasteiger partial charge in [0, 0.05) is 27.4 Å². The number of carbonyl (C=O) groups is 2. The predicted octanol–water partition coefficient (Wildman–Crippen LogP) is 2.64. The largest absolute Gasteiger partial charge is 0.461 e. The van der Waals surface area contributed by atoms with Crippen molar-refractivity contribution in [3.8, 4) is 0 Å². The zero-order valence-corrected chi connectivity index (χ0v) is 14.7. The Morgan fingerprint density at radius 1 is 1.17 bits per heavy atom. The van der Waals surface area contributed by atoms with E-state index in [1.807, 2.05) is 30.3 Å². The molecule has 0 spiro atoms. The van der Waals surface area contributed by atoms with Crippen LogP contribution in [0.2, 0.25) is 0 Å². The quantitative estimate of drug-likeness (QED) is 0.545. The number of benzene rings is 1. The molecule has 1 amide bonds. The zero-order valence-electron chi connectivity index (χ0n) is 14.7. The number of nitrogens with zero attached hydrogens (tertiary/aromatic N) is 1. The van der Waals surface area contributed by atoms with E-state index in [-0.39, 0.29) is 5.91 Å². The van der Waals surface area contributed by atoms with Crippen molar-refractivity contribution >= 4 is 11.9 Å². The third-order valence-corrected chi connectivity index (χ3v) is 3.71. The van der Waals surface area contributed by atoms with Crippen LogP contribution < -0.4 is 0 Å². The minimum absolute atomic E-state index is 0.0770. The highest BCUT2D eigenvalue weighted by Crippen LogP contribution is 2.28. The van der Waals surface area contributed by atoms with Crippen molar-refractivity contribution in [2.75, 3.05) is 20.7 Å². The van der Waals surface area contributed by atoms with Gasteiger partial charge in [-0.3, -0.25) is 9.59 Å². The molecule has 0 N–H and O–H groups in total. The fourth-order valence-electron chi connectivity index (χ4n) is 2.44. The van der Waals surface area contributed by atoms with Gasteiger partial charge in [0.05, 0.1) is 18.6 Å². The topological polar surface area (TPSA) is 55.8 Å². The Labute approximate surface area is 138 Å². The summed E-state index contributed by atoms with van der Waals surface area (Å²) in [5.74, 6) is -0.468. The molecule has 0 saturated heterocycles. The van der Waals surface area contributed by atoms with Crippen molar-refractivity contribution < 1.29 is 19.1 Å². The highest BCUT2D eigenvalue weighted by molar-refractivity contribution is 5.82. The van der Waals surface area contributed by atoms with Gasteiger partial charge in [-0.25, -0.2) is 0 Å². The first kappa shape index (κ1) is 19.2. The Kier molecular flexibility index (Phi) is 7.23. The molecule has 0 bridgehead atoms. The van der Waals surface area contributed by atoms with Gasteiger partial charge >= 0.3 is 5.97 Å². The van der Waals surface area contributed by atoms with Crippen molar-refractivity contribution in [2.24, 2.45) is 5.41 Å². The first-order valence-electron chi connectivity index (χ1n) is 7.75. The highest BCUT2D eigenvalue weighted by Gasteiger charge is 2.39. The van der Waals surface area contributed by atoms with Gasteiger partial charge in [-0.15, -0.1) is 0 Å². The Hall–Kier alpha value is -1.88. The second-order valence-electron chi connectivity index (χ2n) is 6.35. The van der Waals surface area contributed by atoms with Crippen molar-refractivity contribution in [3.05, 3.63) is 35.9 Å². The second-order valence-corrected chi connectivity index (χ2v) is 6.35. The van der Waals surface area contributed by atoms with Gasteiger partial charge in [0.1, 0.15) is 6.10 Å². The molecule has 0 aliphatic carbocycles.